The second-order valence-electron chi connectivity index (χ2n) is 9.01. The van der Waals surface area contributed by atoms with E-state index in [4.69, 9.17) is 20.3 Å². The summed E-state index contributed by atoms with van der Waals surface area (Å²) in [6.07, 6.45) is 0.838. The maximum atomic E-state index is 12.2. The molecular formula is C28H40N8O4. The highest BCUT2D eigenvalue weighted by atomic mass is 16.5. The Morgan fingerprint density at radius 3 is 2.17 bits per heavy atom. The topological polar surface area (TPSA) is 169 Å². The Kier molecular flexibility index (Phi) is 13.6. The molecule has 1 aromatic heterocycles. The van der Waals surface area contributed by atoms with Crippen LogP contribution >= 0.6 is 0 Å². The van der Waals surface area contributed by atoms with Crippen molar-refractivity contribution in [3.8, 4) is 0 Å². The Bertz CT molecular complexity index is 1150. The molecule has 0 bridgehead atoms. The SMILES string of the molecule is Cc1ccc(CNc2nc(NCCCO)nc(Nc3ccc(CC(=O)NCCOCCOCCN)cc3)n2)cc1. The molecule has 216 valence electrons. The summed E-state index contributed by atoms with van der Waals surface area (Å²) >= 11 is 0. The van der Waals surface area contributed by atoms with Crippen LogP contribution in [0.2, 0.25) is 0 Å². The molecule has 40 heavy (non-hydrogen) atoms. The summed E-state index contributed by atoms with van der Waals surface area (Å²) in [6.45, 7) is 6.03. The molecule has 0 radical (unpaired) electrons. The fourth-order valence-corrected chi connectivity index (χ4v) is 3.51. The van der Waals surface area contributed by atoms with E-state index >= 15 is 0 Å². The first-order chi connectivity index (χ1) is 19.6. The van der Waals surface area contributed by atoms with Crippen LogP contribution in [-0.4, -0.2) is 78.6 Å². The monoisotopic (exact) mass is 552 g/mol. The number of rotatable bonds is 19. The third kappa shape index (κ3) is 11.9. The van der Waals surface area contributed by atoms with Gasteiger partial charge in [0, 0.05) is 38.5 Å². The Morgan fingerprint density at radius 1 is 0.825 bits per heavy atom. The van der Waals surface area contributed by atoms with Crippen molar-refractivity contribution in [2.45, 2.75) is 26.3 Å². The highest BCUT2D eigenvalue weighted by Crippen LogP contribution is 2.17. The fourth-order valence-electron chi connectivity index (χ4n) is 3.51. The molecule has 7 N–H and O–H groups in total. The van der Waals surface area contributed by atoms with E-state index in [1.165, 1.54) is 5.56 Å². The Balaban J connectivity index is 1.51. The van der Waals surface area contributed by atoms with E-state index < -0.39 is 0 Å². The van der Waals surface area contributed by atoms with Gasteiger partial charge in [-0.3, -0.25) is 4.79 Å². The van der Waals surface area contributed by atoms with E-state index in [0.717, 1.165) is 16.8 Å². The van der Waals surface area contributed by atoms with E-state index in [1.807, 2.05) is 31.2 Å². The first kappa shape index (κ1) is 30.7. The molecule has 0 aliphatic carbocycles. The standard InChI is InChI=1S/C28H40N8O4/c1-21-3-5-23(6-4-21)20-32-27-34-26(31-12-2-14-37)35-28(36-27)33-24-9-7-22(8-10-24)19-25(38)30-13-16-40-18-17-39-15-11-29/h3-10,37H,2,11-20,29H2,1H3,(H,30,38)(H3,31,32,33,34,35,36). The molecule has 0 spiro atoms. The summed E-state index contributed by atoms with van der Waals surface area (Å²) in [7, 11) is 0. The van der Waals surface area contributed by atoms with E-state index in [2.05, 4.69) is 60.5 Å². The number of nitrogens with zero attached hydrogens (tertiary/aromatic N) is 3. The van der Waals surface area contributed by atoms with Gasteiger partial charge in [0.1, 0.15) is 0 Å². The first-order valence-electron chi connectivity index (χ1n) is 13.4. The van der Waals surface area contributed by atoms with Crippen LogP contribution in [0.4, 0.5) is 23.5 Å². The van der Waals surface area contributed by atoms with Gasteiger partial charge >= 0.3 is 0 Å². The molecule has 0 saturated carbocycles. The van der Waals surface area contributed by atoms with Crippen molar-refractivity contribution in [3.63, 3.8) is 0 Å². The quantitative estimate of drug-likeness (QED) is 0.120. The second-order valence-corrected chi connectivity index (χ2v) is 9.01. The van der Waals surface area contributed by atoms with Gasteiger partial charge in [-0.1, -0.05) is 42.0 Å². The molecule has 0 atom stereocenters. The Hall–Kier alpha value is -3.84. The first-order valence-corrected chi connectivity index (χ1v) is 13.4. The lowest BCUT2D eigenvalue weighted by atomic mass is 10.1. The van der Waals surface area contributed by atoms with Gasteiger partial charge < -0.3 is 41.6 Å². The summed E-state index contributed by atoms with van der Waals surface area (Å²) in [4.78, 5) is 25.7. The largest absolute Gasteiger partial charge is 0.396 e. The number of benzene rings is 2. The molecule has 0 unspecified atom stereocenters. The zero-order chi connectivity index (χ0) is 28.4. The lowest BCUT2D eigenvalue weighted by molar-refractivity contribution is -0.120. The van der Waals surface area contributed by atoms with Crippen LogP contribution in [0.3, 0.4) is 0 Å². The smallest absolute Gasteiger partial charge is 0.233 e. The van der Waals surface area contributed by atoms with Crippen LogP contribution in [0.15, 0.2) is 48.5 Å². The van der Waals surface area contributed by atoms with Crippen molar-refractivity contribution in [2.24, 2.45) is 5.73 Å². The molecule has 0 aliphatic heterocycles. The van der Waals surface area contributed by atoms with Gasteiger partial charge in [0.15, 0.2) is 0 Å². The number of hydrogen-bond donors (Lipinski definition) is 6. The van der Waals surface area contributed by atoms with Crippen LogP contribution in [0.5, 0.6) is 0 Å². The molecule has 12 heteroatoms. The molecule has 0 fully saturated rings. The number of hydrogen-bond acceptors (Lipinski definition) is 11. The zero-order valence-electron chi connectivity index (χ0n) is 23.0. The van der Waals surface area contributed by atoms with Crippen LogP contribution < -0.4 is 27.0 Å². The minimum absolute atomic E-state index is 0.0743. The number of anilines is 4. The van der Waals surface area contributed by atoms with Crippen LogP contribution in [0, 0.1) is 6.92 Å². The number of aromatic nitrogens is 3. The molecule has 0 saturated heterocycles. The highest BCUT2D eigenvalue weighted by Gasteiger charge is 2.09. The van der Waals surface area contributed by atoms with Crippen LogP contribution in [-0.2, 0) is 27.2 Å². The molecule has 0 aliphatic rings. The van der Waals surface area contributed by atoms with E-state index in [-0.39, 0.29) is 18.9 Å². The maximum Gasteiger partial charge on any atom is 0.233 e. The van der Waals surface area contributed by atoms with Crippen molar-refractivity contribution >= 4 is 29.4 Å². The van der Waals surface area contributed by atoms with Gasteiger partial charge in [0.25, 0.3) is 0 Å². The molecule has 12 nitrogen and oxygen atoms in total. The van der Waals surface area contributed by atoms with Crippen molar-refractivity contribution in [2.75, 3.05) is 68.6 Å². The van der Waals surface area contributed by atoms with Gasteiger partial charge in [-0.25, -0.2) is 0 Å². The van der Waals surface area contributed by atoms with Gasteiger partial charge in [0.05, 0.1) is 32.8 Å². The molecular weight excluding hydrogens is 512 g/mol. The van der Waals surface area contributed by atoms with Crippen molar-refractivity contribution < 1.29 is 19.4 Å². The predicted octanol–water partition coefficient (Wildman–Crippen LogP) is 1.98. The van der Waals surface area contributed by atoms with Gasteiger partial charge in [-0.15, -0.1) is 0 Å². The predicted molar refractivity (Wildman–Crippen MR) is 156 cm³/mol. The van der Waals surface area contributed by atoms with E-state index in [0.29, 0.717) is 76.9 Å². The molecule has 1 heterocycles. The number of carbonyl (C=O) groups is 1. The maximum absolute atomic E-state index is 12.2. The number of ether oxygens (including phenoxy) is 2. The summed E-state index contributed by atoms with van der Waals surface area (Å²) in [6, 6.07) is 15.7. The van der Waals surface area contributed by atoms with Crippen molar-refractivity contribution in [3.05, 3.63) is 65.2 Å². The molecule has 3 rings (SSSR count). The van der Waals surface area contributed by atoms with Crippen LogP contribution in [0.1, 0.15) is 23.1 Å². The number of carbonyl (C=O) groups excluding carboxylic acids is 1. The van der Waals surface area contributed by atoms with Gasteiger partial charge in [0.2, 0.25) is 23.8 Å². The number of aryl methyl sites for hydroxylation is 1. The number of nitrogens with one attached hydrogen (secondary N) is 4. The van der Waals surface area contributed by atoms with Crippen LogP contribution in [0.25, 0.3) is 0 Å². The fraction of sp³-hybridized carbons (Fsp3) is 0.429. The lowest BCUT2D eigenvalue weighted by Gasteiger charge is -2.12. The van der Waals surface area contributed by atoms with E-state index in [9.17, 15) is 4.79 Å². The summed E-state index contributed by atoms with van der Waals surface area (Å²) in [5, 5.41) is 21.5. The number of aliphatic hydroxyl groups is 1. The average Bonchev–Trinajstić information content (AvgIpc) is 2.95. The summed E-state index contributed by atoms with van der Waals surface area (Å²) < 4.78 is 10.6. The number of nitrogens with two attached hydrogens (primary N) is 1. The number of amides is 1. The highest BCUT2D eigenvalue weighted by molar-refractivity contribution is 5.78. The van der Waals surface area contributed by atoms with E-state index in [1.54, 1.807) is 0 Å². The van der Waals surface area contributed by atoms with Gasteiger partial charge in [-0.05, 0) is 36.6 Å². The number of aliphatic hydroxyl groups excluding tert-OH is 1. The third-order valence-electron chi connectivity index (χ3n) is 5.60. The minimum Gasteiger partial charge on any atom is -0.396 e. The van der Waals surface area contributed by atoms with Crippen molar-refractivity contribution in [1.29, 1.82) is 0 Å². The Morgan fingerprint density at radius 2 is 1.48 bits per heavy atom. The molecule has 3 aromatic rings. The average molecular weight is 553 g/mol. The minimum atomic E-state index is -0.0796. The van der Waals surface area contributed by atoms with Gasteiger partial charge in [-0.2, -0.15) is 15.0 Å². The van der Waals surface area contributed by atoms with Crippen molar-refractivity contribution in [1.82, 2.24) is 20.3 Å². The molecule has 2 aromatic carbocycles. The summed E-state index contributed by atoms with van der Waals surface area (Å²) in [5.74, 6) is 1.11. The summed E-state index contributed by atoms with van der Waals surface area (Å²) in [5.41, 5.74) is 9.30. The second kappa shape index (κ2) is 17.7. The third-order valence-corrected chi connectivity index (χ3v) is 5.60. The Labute approximate surface area is 235 Å². The normalized spacial score (nSPS) is 10.8. The lowest BCUT2D eigenvalue weighted by Crippen LogP contribution is -2.29. The molecule has 1 amide bonds. The zero-order valence-corrected chi connectivity index (χ0v) is 23.0.